The van der Waals surface area contributed by atoms with Crippen LogP contribution in [0.1, 0.15) is 13.3 Å². The van der Waals surface area contributed by atoms with Gasteiger partial charge in [-0.05, 0) is 12.5 Å². The van der Waals surface area contributed by atoms with Crippen LogP contribution >= 0.6 is 0 Å². The monoisotopic (exact) mass is 240 g/mol. The molecule has 0 aliphatic carbocycles. The van der Waals surface area contributed by atoms with Gasteiger partial charge >= 0.3 is 18.1 Å². The van der Waals surface area contributed by atoms with Crippen molar-refractivity contribution in [3.63, 3.8) is 0 Å². The molecule has 0 amide bonds. The molecule has 6 heteroatoms. The summed E-state index contributed by atoms with van der Waals surface area (Å²) < 4.78 is 4.42. The molecule has 1 N–H and O–H groups in total. The van der Waals surface area contributed by atoms with Crippen LogP contribution in [0.15, 0.2) is 36.6 Å². The second-order valence-electron chi connectivity index (χ2n) is 2.45. The van der Waals surface area contributed by atoms with E-state index in [4.69, 9.17) is 14.7 Å². The van der Waals surface area contributed by atoms with E-state index in [1.54, 1.807) is 6.08 Å². The molecule has 1 aliphatic rings. The quantitative estimate of drug-likeness (QED) is 0.572. The summed E-state index contributed by atoms with van der Waals surface area (Å²) in [6.07, 6.45) is 6.64. The van der Waals surface area contributed by atoms with E-state index >= 15 is 0 Å². The Hall–Kier alpha value is -2.46. The third-order valence-electron chi connectivity index (χ3n) is 1.13. The minimum Gasteiger partial charge on any atom is -0.478 e. The average Bonchev–Trinajstić information content (AvgIpc) is 2.61. The first kappa shape index (κ1) is 17.0. The number of aliphatic carboxylic acids is 1. The van der Waals surface area contributed by atoms with Crippen LogP contribution in [0.5, 0.6) is 0 Å². The van der Waals surface area contributed by atoms with Crippen LogP contribution < -0.4 is 0 Å². The maximum atomic E-state index is 10.1. The first-order valence-electron chi connectivity index (χ1n) is 4.45. The number of hydrogen-bond donors (Lipinski definition) is 1. The molecule has 0 radical (unpaired) electrons. The van der Waals surface area contributed by atoms with Gasteiger partial charge in [0.05, 0.1) is 0 Å². The lowest BCUT2D eigenvalue weighted by atomic mass is 10.4. The van der Waals surface area contributed by atoms with Gasteiger partial charge in [0.2, 0.25) is 0 Å². The Morgan fingerprint density at radius 1 is 1.53 bits per heavy atom. The number of cyclic esters (lactones) is 1. The van der Waals surface area contributed by atoms with Crippen molar-refractivity contribution in [1.29, 1.82) is 0 Å². The highest BCUT2D eigenvalue weighted by Crippen LogP contribution is 2.03. The Bertz CT molecular complexity index is 342. The lowest BCUT2D eigenvalue weighted by molar-refractivity contribution is -0.191. The summed E-state index contributed by atoms with van der Waals surface area (Å²) in [7, 11) is 0. The van der Waals surface area contributed by atoms with E-state index in [0.717, 1.165) is 12.5 Å². The van der Waals surface area contributed by atoms with Gasteiger partial charge in [0, 0.05) is 12.2 Å². The van der Waals surface area contributed by atoms with Crippen LogP contribution in [-0.2, 0) is 23.9 Å². The summed E-state index contributed by atoms with van der Waals surface area (Å²) >= 11 is 0. The summed E-state index contributed by atoms with van der Waals surface area (Å²) in [5, 5.41) is 7.96. The van der Waals surface area contributed by atoms with Gasteiger partial charge in [-0.15, -0.1) is 0 Å². The van der Waals surface area contributed by atoms with Gasteiger partial charge < -0.3 is 9.84 Å². The van der Waals surface area contributed by atoms with Crippen LogP contribution in [0, 0.1) is 0 Å². The van der Waals surface area contributed by atoms with Crippen molar-refractivity contribution in [2.45, 2.75) is 13.3 Å². The second kappa shape index (κ2) is 11.6. The van der Waals surface area contributed by atoms with Gasteiger partial charge in [0.25, 0.3) is 0 Å². The number of rotatable bonds is 2. The highest BCUT2D eigenvalue weighted by atomic mass is 16.5. The highest BCUT2D eigenvalue weighted by Gasteiger charge is 2.04. The number of esters is 1. The van der Waals surface area contributed by atoms with Gasteiger partial charge in [-0.1, -0.05) is 19.6 Å². The smallest absolute Gasteiger partial charge is 0.373 e. The van der Waals surface area contributed by atoms with Gasteiger partial charge in [0.15, 0.2) is 0 Å². The summed E-state index contributed by atoms with van der Waals surface area (Å²) in [6, 6.07) is 0. The van der Waals surface area contributed by atoms with E-state index in [1.165, 1.54) is 12.2 Å². The van der Waals surface area contributed by atoms with E-state index in [-0.39, 0.29) is 12.1 Å². The number of carbonyl (C=O) groups is 2. The zero-order valence-corrected chi connectivity index (χ0v) is 9.21. The lowest BCUT2D eigenvalue weighted by Crippen LogP contribution is -1.87. The van der Waals surface area contributed by atoms with Gasteiger partial charge in [-0.25, -0.2) is 9.59 Å². The largest absolute Gasteiger partial charge is 0.478 e. The van der Waals surface area contributed by atoms with Gasteiger partial charge in [-0.2, -0.15) is 9.59 Å². The number of allylic oxidation sites excluding steroid dienone is 2. The van der Waals surface area contributed by atoms with Crippen LogP contribution in [-0.4, -0.2) is 23.2 Å². The molecule has 1 aliphatic heterocycles. The van der Waals surface area contributed by atoms with Crippen molar-refractivity contribution in [3.05, 3.63) is 36.6 Å². The van der Waals surface area contributed by atoms with E-state index in [9.17, 15) is 9.59 Å². The molecule has 0 aromatic carbocycles. The molecule has 17 heavy (non-hydrogen) atoms. The average molecular weight is 240 g/mol. The molecule has 0 aromatic rings. The summed E-state index contributed by atoms with van der Waals surface area (Å²) in [6.45, 7) is 5.26. The molecular formula is C11H12O6. The normalized spacial score (nSPS) is 11.8. The van der Waals surface area contributed by atoms with Gasteiger partial charge in [-0.3, -0.25) is 0 Å². The standard InChI is InChI=1S/C5H4O2.C5H8O2.CO2/c1-4-2-3-5(6)7-4;1-2-3-4-5(6)7;2-1-3/h2-3H,1H2;3-4H,2H2,1H3,(H,6,7);/b;4-3+;. The fourth-order valence-corrected chi connectivity index (χ4v) is 0.577. The van der Waals surface area contributed by atoms with Crippen molar-refractivity contribution < 1.29 is 29.0 Å². The number of carboxylic acids is 1. The number of hydrogen-bond acceptors (Lipinski definition) is 5. The number of ether oxygens (including phenoxy) is 1. The minimum absolute atomic E-state index is 0.250. The van der Waals surface area contributed by atoms with Crippen molar-refractivity contribution in [2.24, 2.45) is 0 Å². The van der Waals surface area contributed by atoms with E-state index < -0.39 is 5.97 Å². The second-order valence-corrected chi connectivity index (χ2v) is 2.45. The van der Waals surface area contributed by atoms with E-state index in [2.05, 4.69) is 11.3 Å². The lowest BCUT2D eigenvalue weighted by Gasteiger charge is -1.86. The molecular weight excluding hydrogens is 228 g/mol. The van der Waals surface area contributed by atoms with Crippen LogP contribution in [0.2, 0.25) is 0 Å². The summed E-state index contributed by atoms with van der Waals surface area (Å²) in [4.78, 5) is 36.0. The Balaban J connectivity index is 0. The topological polar surface area (TPSA) is 97.7 Å². The maximum absolute atomic E-state index is 10.1. The third-order valence-corrected chi connectivity index (χ3v) is 1.13. The zero-order valence-electron chi connectivity index (χ0n) is 9.21. The first-order valence-corrected chi connectivity index (χ1v) is 4.45. The number of carbonyl (C=O) groups excluding carboxylic acids is 3. The SMILES string of the molecule is C=C1C=CC(=O)O1.CC/C=C/C(=O)O.O=C=O. The predicted octanol–water partition coefficient (Wildman–Crippen LogP) is 1.07. The van der Waals surface area contributed by atoms with Crippen molar-refractivity contribution in [1.82, 2.24) is 0 Å². The molecule has 0 bridgehead atoms. The summed E-state index contributed by atoms with van der Waals surface area (Å²) in [5.41, 5.74) is 0. The number of carboxylic acid groups (broad SMARTS) is 1. The van der Waals surface area contributed by atoms with E-state index in [0.29, 0.717) is 5.76 Å². The molecule has 0 saturated carbocycles. The van der Waals surface area contributed by atoms with E-state index in [1.807, 2.05) is 6.92 Å². The van der Waals surface area contributed by atoms with Crippen molar-refractivity contribution in [3.8, 4) is 0 Å². The van der Waals surface area contributed by atoms with Crippen molar-refractivity contribution >= 4 is 18.1 Å². The van der Waals surface area contributed by atoms with Gasteiger partial charge in [0.1, 0.15) is 5.76 Å². The molecule has 1 rings (SSSR count). The molecule has 0 unspecified atom stereocenters. The Morgan fingerprint density at radius 3 is 2.18 bits per heavy atom. The molecule has 0 aromatic heterocycles. The molecule has 1 heterocycles. The fraction of sp³-hybridized carbons (Fsp3) is 0.182. The summed E-state index contributed by atoms with van der Waals surface area (Å²) in [5.74, 6) is -0.781. The molecule has 0 spiro atoms. The molecule has 6 nitrogen and oxygen atoms in total. The molecule has 0 saturated heterocycles. The van der Waals surface area contributed by atoms with Crippen molar-refractivity contribution in [2.75, 3.05) is 0 Å². The molecule has 0 atom stereocenters. The minimum atomic E-state index is -0.873. The molecule has 0 fully saturated rings. The predicted molar refractivity (Wildman–Crippen MR) is 56.4 cm³/mol. The fourth-order valence-electron chi connectivity index (χ4n) is 0.577. The highest BCUT2D eigenvalue weighted by molar-refractivity contribution is 5.86. The maximum Gasteiger partial charge on any atom is 0.373 e. The zero-order chi connectivity index (χ0) is 13.7. The van der Waals surface area contributed by atoms with Crippen LogP contribution in [0.4, 0.5) is 0 Å². The Morgan fingerprint density at radius 2 is 2.06 bits per heavy atom. The first-order chi connectivity index (χ1) is 7.97. The Kier molecular flexibility index (Phi) is 11.6. The van der Waals surface area contributed by atoms with Crippen LogP contribution in [0.3, 0.4) is 0 Å². The molecule has 92 valence electrons. The van der Waals surface area contributed by atoms with Crippen LogP contribution in [0.25, 0.3) is 0 Å². The third kappa shape index (κ3) is 16.2. The Labute approximate surface area is 97.9 Å².